The van der Waals surface area contributed by atoms with Gasteiger partial charge in [0.2, 0.25) is 5.91 Å². The second kappa shape index (κ2) is 6.38. The normalized spacial score (nSPS) is 17.4. The van der Waals surface area contributed by atoms with Crippen molar-refractivity contribution < 1.29 is 23.0 Å². The first kappa shape index (κ1) is 18.3. The lowest BCUT2D eigenvalue weighted by Gasteiger charge is -2.16. The Morgan fingerprint density at radius 3 is 2.63 bits per heavy atom. The number of amides is 1. The van der Waals surface area contributed by atoms with Crippen molar-refractivity contribution in [1.29, 1.82) is 0 Å². The van der Waals surface area contributed by atoms with Crippen LogP contribution in [-0.4, -0.2) is 22.2 Å². The lowest BCUT2D eigenvalue weighted by molar-refractivity contribution is -0.286. The van der Waals surface area contributed by atoms with Gasteiger partial charge >= 0.3 is 6.29 Å². The predicted molar refractivity (Wildman–Crippen MR) is 102 cm³/mol. The van der Waals surface area contributed by atoms with E-state index in [0.717, 1.165) is 0 Å². The minimum Gasteiger partial charge on any atom is -0.395 e. The molecule has 9 heteroatoms. The highest BCUT2D eigenvalue weighted by Gasteiger charge is 2.52. The van der Waals surface area contributed by atoms with E-state index in [-0.39, 0.29) is 23.0 Å². The van der Waals surface area contributed by atoms with E-state index in [0.29, 0.717) is 35.5 Å². The summed E-state index contributed by atoms with van der Waals surface area (Å²) in [6, 6.07) is 12.7. The summed E-state index contributed by atoms with van der Waals surface area (Å²) in [5.41, 5.74) is 0.231. The van der Waals surface area contributed by atoms with Crippen LogP contribution in [0, 0.1) is 0 Å². The van der Waals surface area contributed by atoms with E-state index >= 15 is 0 Å². The molecule has 2 N–H and O–H groups in total. The molecule has 30 heavy (non-hydrogen) atoms. The predicted octanol–water partition coefficient (Wildman–Crippen LogP) is 3.43. The number of nitrogens with one attached hydrogen (secondary N) is 2. The van der Waals surface area contributed by atoms with Gasteiger partial charge in [0, 0.05) is 6.20 Å². The molecule has 7 nitrogen and oxygen atoms in total. The van der Waals surface area contributed by atoms with Crippen molar-refractivity contribution in [1.82, 2.24) is 9.97 Å². The minimum absolute atomic E-state index is 0.0672. The highest BCUT2D eigenvalue weighted by atomic mass is 19.3. The molecule has 0 spiro atoms. The van der Waals surface area contributed by atoms with Gasteiger partial charge in [-0.05, 0) is 54.8 Å². The molecule has 1 aromatic carbocycles. The van der Waals surface area contributed by atoms with Gasteiger partial charge in [0.15, 0.2) is 11.5 Å². The molecule has 152 valence electrons. The van der Waals surface area contributed by atoms with E-state index in [1.165, 1.54) is 18.3 Å². The van der Waals surface area contributed by atoms with Gasteiger partial charge in [-0.1, -0.05) is 12.1 Å². The Labute approximate surface area is 168 Å². The second-order valence-electron chi connectivity index (χ2n) is 7.19. The van der Waals surface area contributed by atoms with Gasteiger partial charge in [-0.2, -0.15) is 0 Å². The Balaban J connectivity index is 1.40. The summed E-state index contributed by atoms with van der Waals surface area (Å²) >= 11 is 0. The largest absolute Gasteiger partial charge is 0.586 e. The van der Waals surface area contributed by atoms with Crippen LogP contribution in [-0.2, 0) is 10.2 Å². The van der Waals surface area contributed by atoms with Crippen molar-refractivity contribution in [3.05, 3.63) is 70.6 Å². The van der Waals surface area contributed by atoms with E-state index in [1.807, 2.05) is 0 Å². The molecule has 0 radical (unpaired) electrons. The van der Waals surface area contributed by atoms with E-state index in [4.69, 9.17) is 0 Å². The van der Waals surface area contributed by atoms with Crippen LogP contribution in [0.5, 0.6) is 11.5 Å². The van der Waals surface area contributed by atoms with E-state index in [2.05, 4.69) is 24.8 Å². The molecule has 0 atom stereocenters. The number of carbonyl (C=O) groups is 1. The second-order valence-corrected chi connectivity index (χ2v) is 7.19. The molecule has 5 rings (SSSR count). The number of H-pyrrole nitrogens is 1. The fourth-order valence-corrected chi connectivity index (χ4v) is 3.53. The Morgan fingerprint density at radius 2 is 1.87 bits per heavy atom. The highest BCUT2D eigenvalue weighted by Crippen LogP contribution is 2.52. The number of hydrogen-bond acceptors (Lipinski definition) is 5. The summed E-state index contributed by atoms with van der Waals surface area (Å²) in [4.78, 5) is 31.9. The van der Waals surface area contributed by atoms with Crippen LogP contribution in [0.3, 0.4) is 0 Å². The lowest BCUT2D eigenvalue weighted by Crippen LogP contribution is -2.28. The zero-order valence-corrected chi connectivity index (χ0v) is 15.4. The van der Waals surface area contributed by atoms with Crippen LogP contribution in [0.2, 0.25) is 0 Å². The number of alkyl halides is 2. The van der Waals surface area contributed by atoms with Gasteiger partial charge in [0.1, 0.15) is 5.82 Å². The smallest absolute Gasteiger partial charge is 0.395 e. The number of anilines is 1. The third kappa shape index (κ3) is 3.08. The van der Waals surface area contributed by atoms with Gasteiger partial charge in [0.25, 0.3) is 5.56 Å². The molecular weight excluding hydrogens is 396 g/mol. The summed E-state index contributed by atoms with van der Waals surface area (Å²) in [6.45, 7) is 0. The van der Waals surface area contributed by atoms with Crippen molar-refractivity contribution in [2.45, 2.75) is 24.6 Å². The molecule has 0 saturated heterocycles. The maximum atomic E-state index is 13.3. The number of hydrogen-bond donors (Lipinski definition) is 2. The van der Waals surface area contributed by atoms with Crippen molar-refractivity contribution in [2.24, 2.45) is 0 Å². The maximum absolute atomic E-state index is 13.3. The molecular formula is C21H15F2N3O4. The van der Waals surface area contributed by atoms with Crippen LogP contribution < -0.4 is 20.3 Å². The van der Waals surface area contributed by atoms with Crippen molar-refractivity contribution >= 4 is 11.7 Å². The minimum atomic E-state index is -3.71. The number of halogens is 2. The summed E-state index contributed by atoms with van der Waals surface area (Å²) < 4.78 is 35.5. The maximum Gasteiger partial charge on any atom is 0.586 e. The molecule has 3 heterocycles. The fourth-order valence-electron chi connectivity index (χ4n) is 3.53. The van der Waals surface area contributed by atoms with Gasteiger partial charge in [0.05, 0.1) is 16.7 Å². The van der Waals surface area contributed by atoms with Crippen molar-refractivity contribution in [3.8, 4) is 22.8 Å². The summed E-state index contributed by atoms with van der Waals surface area (Å²) in [5, 5.41) is 2.77. The standard InChI is InChI=1S/C21H15F2N3O4/c22-21(23)29-15-7-6-12(11-16(15)30-21)20(8-9-20)19(28)26-17-5-1-4-14(25-17)13-3-2-10-24-18(13)27/h1-7,10-11H,8-9H2,(H,24,27)(H,25,26,28). The van der Waals surface area contributed by atoms with Crippen molar-refractivity contribution in [3.63, 3.8) is 0 Å². The Bertz CT molecular complexity index is 1220. The van der Waals surface area contributed by atoms with E-state index in [1.54, 1.807) is 36.4 Å². The van der Waals surface area contributed by atoms with Gasteiger partial charge in [-0.15, -0.1) is 8.78 Å². The van der Waals surface area contributed by atoms with Crippen LogP contribution in [0.15, 0.2) is 59.5 Å². The number of benzene rings is 1. The Hall–Kier alpha value is -3.75. The molecule has 1 aliphatic heterocycles. The average molecular weight is 411 g/mol. The fraction of sp³-hybridized carbons (Fsp3) is 0.190. The lowest BCUT2D eigenvalue weighted by atomic mass is 9.94. The van der Waals surface area contributed by atoms with Gasteiger partial charge < -0.3 is 19.8 Å². The van der Waals surface area contributed by atoms with Gasteiger partial charge in [-0.25, -0.2) is 4.98 Å². The van der Waals surface area contributed by atoms with E-state index in [9.17, 15) is 18.4 Å². The van der Waals surface area contributed by atoms with Crippen LogP contribution >= 0.6 is 0 Å². The zero-order chi connectivity index (χ0) is 20.9. The first-order valence-electron chi connectivity index (χ1n) is 9.23. The average Bonchev–Trinajstić information content (AvgIpc) is 3.46. The number of aromatic amines is 1. The molecule has 0 unspecified atom stereocenters. The third-order valence-corrected chi connectivity index (χ3v) is 5.22. The quantitative estimate of drug-likeness (QED) is 0.686. The topological polar surface area (TPSA) is 93.3 Å². The van der Waals surface area contributed by atoms with Crippen LogP contribution in [0.4, 0.5) is 14.6 Å². The number of carbonyl (C=O) groups excluding carboxylic acids is 1. The highest BCUT2D eigenvalue weighted by molar-refractivity contribution is 6.01. The molecule has 1 fully saturated rings. The molecule has 2 aromatic heterocycles. The SMILES string of the molecule is O=C(Nc1cccc(-c2ccc[nH]c2=O)n1)C1(c2ccc3c(c2)OC(F)(F)O3)CC1. The summed E-state index contributed by atoms with van der Waals surface area (Å²) in [6.07, 6.45) is -1.06. The first-order chi connectivity index (χ1) is 14.4. The number of nitrogens with zero attached hydrogens (tertiary/aromatic N) is 1. The number of fused-ring (bicyclic) bond motifs is 1. The first-order valence-corrected chi connectivity index (χ1v) is 9.23. The zero-order valence-electron chi connectivity index (χ0n) is 15.4. The molecule has 1 aliphatic carbocycles. The van der Waals surface area contributed by atoms with Crippen LogP contribution in [0.25, 0.3) is 11.3 Å². The van der Waals surface area contributed by atoms with Gasteiger partial charge in [-0.3, -0.25) is 9.59 Å². The van der Waals surface area contributed by atoms with Crippen LogP contribution in [0.1, 0.15) is 18.4 Å². The number of aromatic nitrogens is 2. The molecule has 1 saturated carbocycles. The summed E-state index contributed by atoms with van der Waals surface area (Å²) in [5.74, 6) is -0.179. The Kier molecular flexibility index (Phi) is 3.89. The molecule has 0 bridgehead atoms. The number of pyridine rings is 2. The monoisotopic (exact) mass is 411 g/mol. The summed E-state index contributed by atoms with van der Waals surface area (Å²) in [7, 11) is 0. The number of ether oxygens (including phenoxy) is 2. The van der Waals surface area contributed by atoms with Crippen molar-refractivity contribution in [2.75, 3.05) is 5.32 Å². The Morgan fingerprint density at radius 1 is 1.07 bits per heavy atom. The molecule has 2 aliphatic rings. The third-order valence-electron chi connectivity index (χ3n) is 5.22. The molecule has 1 amide bonds. The number of rotatable bonds is 4. The molecule has 3 aromatic rings. The van der Waals surface area contributed by atoms with E-state index < -0.39 is 11.7 Å².